The number of nitrogens with zero attached hydrogens (tertiary/aromatic N) is 2. The Labute approximate surface area is 95.8 Å². The maximum Gasteiger partial charge on any atom is 0.159 e. The number of halogens is 1. The Kier molecular flexibility index (Phi) is 4.48. The minimum Gasteiger partial charge on any atom is -0.373 e. The average Bonchev–Trinajstić information content (AvgIpc) is 2.22. The van der Waals surface area contributed by atoms with Crippen LogP contribution in [-0.2, 0) is 4.74 Å². The Morgan fingerprint density at radius 1 is 1.33 bits per heavy atom. The first-order valence-corrected chi connectivity index (χ1v) is 5.51. The van der Waals surface area contributed by atoms with E-state index in [0.29, 0.717) is 11.0 Å². The second-order valence-electron chi connectivity index (χ2n) is 3.60. The SMILES string of the molecule is CCCC(OC)c1nc(C)c(C)c(Cl)n1. The molecule has 0 amide bonds. The Bertz CT molecular complexity index is 318. The number of hydrogen-bond donors (Lipinski definition) is 0. The first kappa shape index (κ1) is 12.4. The second kappa shape index (κ2) is 5.42. The van der Waals surface area contributed by atoms with E-state index < -0.39 is 0 Å². The van der Waals surface area contributed by atoms with Crippen molar-refractivity contribution in [3.8, 4) is 0 Å². The summed E-state index contributed by atoms with van der Waals surface area (Å²) in [5, 5.41) is 0.524. The van der Waals surface area contributed by atoms with Crippen LogP contribution in [0, 0.1) is 13.8 Å². The van der Waals surface area contributed by atoms with Gasteiger partial charge in [-0.2, -0.15) is 0 Å². The van der Waals surface area contributed by atoms with Gasteiger partial charge in [0.25, 0.3) is 0 Å². The topological polar surface area (TPSA) is 35.0 Å². The van der Waals surface area contributed by atoms with Crippen LogP contribution < -0.4 is 0 Å². The van der Waals surface area contributed by atoms with Crippen molar-refractivity contribution in [1.29, 1.82) is 0 Å². The first-order chi connectivity index (χ1) is 7.10. The molecule has 0 spiro atoms. The molecule has 0 fully saturated rings. The average molecular weight is 229 g/mol. The molecule has 0 saturated carbocycles. The smallest absolute Gasteiger partial charge is 0.159 e. The first-order valence-electron chi connectivity index (χ1n) is 5.13. The quantitative estimate of drug-likeness (QED) is 0.743. The number of hydrogen-bond acceptors (Lipinski definition) is 3. The number of ether oxygens (including phenoxy) is 1. The molecule has 1 aromatic rings. The number of aryl methyl sites for hydroxylation is 1. The minimum absolute atomic E-state index is 0.0493. The van der Waals surface area contributed by atoms with Crippen LogP contribution in [-0.4, -0.2) is 17.1 Å². The van der Waals surface area contributed by atoms with Crippen molar-refractivity contribution >= 4 is 11.6 Å². The van der Waals surface area contributed by atoms with E-state index in [0.717, 1.165) is 24.1 Å². The van der Waals surface area contributed by atoms with Gasteiger partial charge in [0.05, 0.1) is 0 Å². The lowest BCUT2D eigenvalue weighted by Gasteiger charge is -2.14. The lowest BCUT2D eigenvalue weighted by molar-refractivity contribution is 0.0874. The summed E-state index contributed by atoms with van der Waals surface area (Å²) < 4.78 is 5.34. The Balaban J connectivity index is 3.03. The molecule has 84 valence electrons. The molecule has 1 rings (SSSR count). The van der Waals surface area contributed by atoms with Crippen LogP contribution in [0.15, 0.2) is 0 Å². The third-order valence-electron chi connectivity index (χ3n) is 2.47. The Morgan fingerprint density at radius 2 is 2.00 bits per heavy atom. The summed E-state index contributed by atoms with van der Waals surface area (Å²) in [5.74, 6) is 0.687. The normalized spacial score (nSPS) is 12.9. The maximum absolute atomic E-state index is 6.01. The van der Waals surface area contributed by atoms with Gasteiger partial charge >= 0.3 is 0 Å². The highest BCUT2D eigenvalue weighted by Crippen LogP contribution is 2.22. The highest BCUT2D eigenvalue weighted by Gasteiger charge is 2.15. The molecule has 1 atom stereocenters. The van der Waals surface area contributed by atoms with E-state index in [1.807, 2.05) is 13.8 Å². The van der Waals surface area contributed by atoms with Crippen LogP contribution in [0.5, 0.6) is 0 Å². The fourth-order valence-corrected chi connectivity index (χ4v) is 1.60. The molecule has 0 bridgehead atoms. The Hall–Kier alpha value is -0.670. The van der Waals surface area contributed by atoms with E-state index in [1.165, 1.54) is 0 Å². The molecule has 4 heteroatoms. The summed E-state index contributed by atoms with van der Waals surface area (Å²) in [5.41, 5.74) is 1.86. The monoisotopic (exact) mass is 228 g/mol. The molecule has 15 heavy (non-hydrogen) atoms. The second-order valence-corrected chi connectivity index (χ2v) is 3.95. The van der Waals surface area contributed by atoms with E-state index in [2.05, 4.69) is 16.9 Å². The standard InChI is InChI=1S/C11H17ClN2O/c1-5-6-9(15-4)11-13-8(3)7(2)10(12)14-11/h9H,5-6H2,1-4H3. The summed E-state index contributed by atoms with van der Waals surface area (Å²) in [6, 6.07) is 0. The molecule has 0 aromatic carbocycles. The zero-order valence-corrected chi connectivity index (χ0v) is 10.4. The lowest BCUT2D eigenvalue weighted by atomic mass is 10.2. The van der Waals surface area contributed by atoms with E-state index >= 15 is 0 Å². The molecule has 0 radical (unpaired) electrons. The van der Waals surface area contributed by atoms with Crippen molar-refractivity contribution in [2.75, 3.05) is 7.11 Å². The van der Waals surface area contributed by atoms with Crippen LogP contribution >= 0.6 is 11.6 Å². The maximum atomic E-state index is 6.01. The molecule has 0 aliphatic carbocycles. The molecule has 0 aliphatic heterocycles. The van der Waals surface area contributed by atoms with Gasteiger partial charge in [-0.1, -0.05) is 24.9 Å². The minimum atomic E-state index is -0.0493. The van der Waals surface area contributed by atoms with Gasteiger partial charge in [-0.3, -0.25) is 0 Å². The molecule has 1 aromatic heterocycles. The van der Waals surface area contributed by atoms with Gasteiger partial charge in [-0.05, 0) is 20.3 Å². The van der Waals surface area contributed by atoms with Gasteiger partial charge in [0, 0.05) is 18.4 Å². The fourth-order valence-electron chi connectivity index (χ4n) is 1.37. The zero-order valence-electron chi connectivity index (χ0n) is 9.67. The third kappa shape index (κ3) is 2.89. The van der Waals surface area contributed by atoms with Crippen LogP contribution in [0.3, 0.4) is 0 Å². The van der Waals surface area contributed by atoms with Crippen molar-refractivity contribution < 1.29 is 4.74 Å². The van der Waals surface area contributed by atoms with Crippen molar-refractivity contribution in [2.45, 2.75) is 39.7 Å². The van der Waals surface area contributed by atoms with Gasteiger partial charge in [-0.25, -0.2) is 9.97 Å². The molecule has 0 aliphatic rings. The van der Waals surface area contributed by atoms with E-state index in [9.17, 15) is 0 Å². The van der Waals surface area contributed by atoms with Gasteiger partial charge in [0.2, 0.25) is 0 Å². The molecular weight excluding hydrogens is 212 g/mol. The van der Waals surface area contributed by atoms with Gasteiger partial charge < -0.3 is 4.74 Å². The van der Waals surface area contributed by atoms with Crippen LogP contribution in [0.2, 0.25) is 5.15 Å². The molecule has 3 nitrogen and oxygen atoms in total. The van der Waals surface area contributed by atoms with Crippen LogP contribution in [0.25, 0.3) is 0 Å². The lowest BCUT2D eigenvalue weighted by Crippen LogP contribution is -2.09. The summed E-state index contributed by atoms with van der Waals surface area (Å²) in [6.45, 7) is 5.96. The third-order valence-corrected chi connectivity index (χ3v) is 2.84. The summed E-state index contributed by atoms with van der Waals surface area (Å²) in [7, 11) is 1.67. The molecule has 0 N–H and O–H groups in total. The molecule has 0 saturated heterocycles. The number of aromatic nitrogens is 2. The largest absolute Gasteiger partial charge is 0.373 e. The zero-order chi connectivity index (χ0) is 11.4. The molecular formula is C11H17ClN2O. The van der Waals surface area contributed by atoms with Crippen LogP contribution in [0.1, 0.15) is 43.0 Å². The summed E-state index contributed by atoms with van der Waals surface area (Å²) in [6.07, 6.45) is 1.90. The molecule has 1 heterocycles. The predicted octanol–water partition coefficient (Wildman–Crippen LogP) is 3.23. The predicted molar refractivity (Wildman–Crippen MR) is 61.2 cm³/mol. The van der Waals surface area contributed by atoms with Gasteiger partial charge in [-0.15, -0.1) is 0 Å². The van der Waals surface area contributed by atoms with Crippen LogP contribution in [0.4, 0.5) is 0 Å². The van der Waals surface area contributed by atoms with Crippen molar-refractivity contribution in [3.05, 3.63) is 22.2 Å². The highest BCUT2D eigenvalue weighted by molar-refractivity contribution is 6.30. The van der Waals surface area contributed by atoms with E-state index in [1.54, 1.807) is 7.11 Å². The Morgan fingerprint density at radius 3 is 2.47 bits per heavy atom. The van der Waals surface area contributed by atoms with E-state index in [-0.39, 0.29) is 6.10 Å². The van der Waals surface area contributed by atoms with E-state index in [4.69, 9.17) is 16.3 Å². The number of methoxy groups -OCH3 is 1. The van der Waals surface area contributed by atoms with Gasteiger partial charge in [0.1, 0.15) is 11.3 Å². The highest BCUT2D eigenvalue weighted by atomic mass is 35.5. The van der Waals surface area contributed by atoms with Crippen molar-refractivity contribution in [3.63, 3.8) is 0 Å². The summed E-state index contributed by atoms with van der Waals surface area (Å²) in [4.78, 5) is 8.66. The van der Waals surface area contributed by atoms with Crippen molar-refractivity contribution in [2.24, 2.45) is 0 Å². The van der Waals surface area contributed by atoms with Gasteiger partial charge in [0.15, 0.2) is 5.82 Å². The fraction of sp³-hybridized carbons (Fsp3) is 0.636. The molecule has 1 unspecified atom stereocenters. The summed E-state index contributed by atoms with van der Waals surface area (Å²) >= 11 is 6.01. The van der Waals surface area contributed by atoms with Crippen molar-refractivity contribution in [1.82, 2.24) is 9.97 Å². The number of rotatable bonds is 4.